The Bertz CT molecular complexity index is 934. The topological polar surface area (TPSA) is 47.6 Å². The Hall–Kier alpha value is -3.53. The number of hydrogen-bond donors (Lipinski definition) is 1. The number of carbonyl (C=O) groups is 1. The van der Waals surface area contributed by atoms with Gasteiger partial charge in [0.2, 0.25) is 5.91 Å². The van der Waals surface area contributed by atoms with E-state index in [4.69, 9.17) is 9.47 Å². The molecule has 3 aromatic carbocycles. The van der Waals surface area contributed by atoms with Gasteiger partial charge in [0.15, 0.2) is 0 Å². The smallest absolute Gasteiger partial charge is 0.244 e. The van der Waals surface area contributed by atoms with E-state index in [2.05, 4.69) is 5.32 Å². The highest BCUT2D eigenvalue weighted by Crippen LogP contribution is 2.24. The summed E-state index contributed by atoms with van der Waals surface area (Å²) >= 11 is 0. The molecule has 0 aromatic heterocycles. The first-order valence-electron chi connectivity index (χ1n) is 9.01. The molecule has 0 fully saturated rings. The van der Waals surface area contributed by atoms with Crippen LogP contribution in [0.1, 0.15) is 22.7 Å². The highest BCUT2D eigenvalue weighted by atomic mass is 16.5. The molecule has 28 heavy (non-hydrogen) atoms. The Morgan fingerprint density at radius 2 is 1.50 bits per heavy atom. The summed E-state index contributed by atoms with van der Waals surface area (Å²) in [6, 6.07) is 24.9. The monoisotopic (exact) mass is 373 g/mol. The van der Waals surface area contributed by atoms with E-state index in [0.717, 1.165) is 28.2 Å². The molecule has 0 bridgehead atoms. The normalized spacial score (nSPS) is 11.8. The molecule has 0 aliphatic carbocycles. The predicted molar refractivity (Wildman–Crippen MR) is 111 cm³/mol. The first kappa shape index (κ1) is 19.2. The minimum Gasteiger partial charge on any atom is -0.497 e. The summed E-state index contributed by atoms with van der Waals surface area (Å²) in [6.07, 6.45) is 3.31. The lowest BCUT2D eigenvalue weighted by Crippen LogP contribution is -2.27. The van der Waals surface area contributed by atoms with Gasteiger partial charge in [-0.3, -0.25) is 4.79 Å². The highest BCUT2D eigenvalue weighted by Gasteiger charge is 2.15. The van der Waals surface area contributed by atoms with Crippen LogP contribution in [0.15, 0.2) is 84.9 Å². The van der Waals surface area contributed by atoms with E-state index in [-0.39, 0.29) is 11.9 Å². The molecular weight excluding hydrogens is 350 g/mol. The quantitative estimate of drug-likeness (QED) is 0.615. The summed E-state index contributed by atoms with van der Waals surface area (Å²) in [6.45, 7) is 0. The summed E-state index contributed by atoms with van der Waals surface area (Å²) < 4.78 is 10.4. The van der Waals surface area contributed by atoms with Crippen LogP contribution in [0.2, 0.25) is 0 Å². The van der Waals surface area contributed by atoms with Crippen LogP contribution in [0.25, 0.3) is 6.08 Å². The fourth-order valence-corrected chi connectivity index (χ4v) is 2.91. The van der Waals surface area contributed by atoms with Gasteiger partial charge in [-0.1, -0.05) is 54.6 Å². The van der Waals surface area contributed by atoms with Crippen LogP contribution >= 0.6 is 0 Å². The second kappa shape index (κ2) is 9.42. The third-order valence-corrected chi connectivity index (χ3v) is 4.39. The van der Waals surface area contributed by atoms with Gasteiger partial charge in [-0.2, -0.15) is 0 Å². The van der Waals surface area contributed by atoms with E-state index < -0.39 is 0 Å². The van der Waals surface area contributed by atoms with Gasteiger partial charge in [0.1, 0.15) is 11.5 Å². The van der Waals surface area contributed by atoms with Crippen LogP contribution in [0.4, 0.5) is 0 Å². The Morgan fingerprint density at radius 1 is 0.821 bits per heavy atom. The van der Waals surface area contributed by atoms with E-state index in [9.17, 15) is 4.79 Å². The van der Waals surface area contributed by atoms with Crippen molar-refractivity contribution >= 4 is 12.0 Å². The summed E-state index contributed by atoms with van der Waals surface area (Å²) in [5.41, 5.74) is 2.89. The summed E-state index contributed by atoms with van der Waals surface area (Å²) in [4.78, 5) is 12.6. The van der Waals surface area contributed by atoms with E-state index in [1.54, 1.807) is 20.3 Å². The zero-order valence-corrected chi connectivity index (χ0v) is 16.0. The van der Waals surface area contributed by atoms with Crippen molar-refractivity contribution in [2.75, 3.05) is 14.2 Å². The number of hydrogen-bond acceptors (Lipinski definition) is 3. The third-order valence-electron chi connectivity index (χ3n) is 4.39. The molecule has 142 valence electrons. The molecule has 0 radical (unpaired) electrons. The van der Waals surface area contributed by atoms with Gasteiger partial charge in [-0.15, -0.1) is 0 Å². The van der Waals surface area contributed by atoms with Crippen LogP contribution in [0.5, 0.6) is 11.5 Å². The molecule has 4 nitrogen and oxygen atoms in total. The molecule has 3 aromatic rings. The largest absolute Gasteiger partial charge is 0.497 e. The van der Waals surface area contributed by atoms with Crippen LogP contribution in [0.3, 0.4) is 0 Å². The second-order valence-electron chi connectivity index (χ2n) is 6.24. The number of methoxy groups -OCH3 is 2. The third kappa shape index (κ3) is 5.01. The minimum atomic E-state index is -0.255. The molecule has 0 saturated heterocycles. The lowest BCUT2D eigenvalue weighted by molar-refractivity contribution is -0.116. The maximum absolute atomic E-state index is 12.6. The number of benzene rings is 3. The van der Waals surface area contributed by atoms with Crippen molar-refractivity contribution in [3.05, 3.63) is 102 Å². The maximum atomic E-state index is 12.6. The molecule has 0 aliphatic heterocycles. The fraction of sp³-hybridized carbons (Fsp3) is 0.125. The van der Waals surface area contributed by atoms with E-state index in [0.29, 0.717) is 0 Å². The van der Waals surface area contributed by atoms with Crippen LogP contribution in [-0.2, 0) is 4.79 Å². The number of ether oxygens (including phenoxy) is 2. The number of carbonyl (C=O) groups excluding carboxylic acids is 1. The number of nitrogens with one attached hydrogen (secondary N) is 1. The zero-order valence-electron chi connectivity index (χ0n) is 16.0. The predicted octanol–water partition coefficient (Wildman–Crippen LogP) is 4.62. The van der Waals surface area contributed by atoms with Crippen LogP contribution in [-0.4, -0.2) is 20.1 Å². The van der Waals surface area contributed by atoms with E-state index in [1.807, 2.05) is 78.9 Å². The lowest BCUT2D eigenvalue weighted by atomic mass is 9.98. The maximum Gasteiger partial charge on any atom is 0.244 e. The standard InChI is InChI=1S/C24H23NO3/c1-27-21-14-12-20(13-15-21)24(19-8-4-3-5-9-19)25-23(26)16-11-18-7-6-10-22(17-18)28-2/h3-17,24H,1-2H3,(H,25,26)/b16-11+/t24-/m1/s1. The Kier molecular flexibility index (Phi) is 6.47. The van der Waals surface area contributed by atoms with Crippen LogP contribution in [0, 0.1) is 0 Å². The Morgan fingerprint density at radius 3 is 2.18 bits per heavy atom. The van der Waals surface area contributed by atoms with Crippen molar-refractivity contribution in [3.63, 3.8) is 0 Å². The molecule has 0 spiro atoms. The molecule has 0 saturated carbocycles. The van der Waals surface area contributed by atoms with Gasteiger partial charge in [-0.25, -0.2) is 0 Å². The van der Waals surface area contributed by atoms with Gasteiger partial charge in [0, 0.05) is 6.08 Å². The molecule has 1 amide bonds. The molecular formula is C24H23NO3. The van der Waals surface area contributed by atoms with Crippen molar-refractivity contribution < 1.29 is 14.3 Å². The lowest BCUT2D eigenvalue weighted by Gasteiger charge is -2.19. The van der Waals surface area contributed by atoms with E-state index >= 15 is 0 Å². The molecule has 4 heteroatoms. The first-order chi connectivity index (χ1) is 13.7. The van der Waals surface area contributed by atoms with Gasteiger partial charge in [-0.05, 0) is 47.0 Å². The minimum absolute atomic E-state index is 0.174. The van der Waals surface area contributed by atoms with Crippen molar-refractivity contribution in [1.82, 2.24) is 5.32 Å². The Balaban J connectivity index is 1.80. The van der Waals surface area contributed by atoms with Gasteiger partial charge < -0.3 is 14.8 Å². The fourth-order valence-electron chi connectivity index (χ4n) is 2.91. The average molecular weight is 373 g/mol. The number of amides is 1. The summed E-state index contributed by atoms with van der Waals surface area (Å²) in [7, 11) is 3.25. The zero-order chi connectivity index (χ0) is 19.8. The Labute approximate surface area is 165 Å². The molecule has 3 rings (SSSR count). The van der Waals surface area contributed by atoms with E-state index in [1.165, 1.54) is 6.08 Å². The van der Waals surface area contributed by atoms with Gasteiger partial charge >= 0.3 is 0 Å². The van der Waals surface area contributed by atoms with Crippen molar-refractivity contribution in [2.24, 2.45) is 0 Å². The van der Waals surface area contributed by atoms with Crippen molar-refractivity contribution in [1.29, 1.82) is 0 Å². The SMILES string of the molecule is COc1ccc([C@H](NC(=O)/C=C/c2cccc(OC)c2)c2ccccc2)cc1. The van der Waals surface area contributed by atoms with Gasteiger partial charge in [0.25, 0.3) is 0 Å². The van der Waals surface area contributed by atoms with Crippen LogP contribution < -0.4 is 14.8 Å². The first-order valence-corrected chi connectivity index (χ1v) is 9.01. The molecule has 0 aliphatic rings. The highest BCUT2D eigenvalue weighted by molar-refractivity contribution is 5.92. The van der Waals surface area contributed by atoms with Gasteiger partial charge in [0.05, 0.1) is 20.3 Å². The molecule has 0 unspecified atom stereocenters. The molecule has 1 N–H and O–H groups in total. The molecule has 0 heterocycles. The second-order valence-corrected chi connectivity index (χ2v) is 6.24. The van der Waals surface area contributed by atoms with Crippen molar-refractivity contribution in [3.8, 4) is 11.5 Å². The molecule has 1 atom stereocenters. The summed E-state index contributed by atoms with van der Waals surface area (Å²) in [5.74, 6) is 1.36. The number of rotatable bonds is 7. The van der Waals surface area contributed by atoms with Crippen molar-refractivity contribution in [2.45, 2.75) is 6.04 Å². The summed E-state index contributed by atoms with van der Waals surface area (Å²) in [5, 5.41) is 3.09. The average Bonchev–Trinajstić information content (AvgIpc) is 2.77.